The van der Waals surface area contributed by atoms with Crippen molar-refractivity contribution < 1.29 is 13.6 Å². The summed E-state index contributed by atoms with van der Waals surface area (Å²) in [5.41, 5.74) is 7.04. The number of hydrogen-bond donors (Lipinski definition) is 2. The molecule has 0 fully saturated rings. The van der Waals surface area contributed by atoms with Crippen molar-refractivity contribution >= 4 is 11.6 Å². The van der Waals surface area contributed by atoms with Crippen LogP contribution in [0.4, 0.5) is 8.78 Å². The van der Waals surface area contributed by atoms with Crippen LogP contribution < -0.4 is 11.1 Å². The van der Waals surface area contributed by atoms with Crippen LogP contribution in [-0.2, 0) is 0 Å². The summed E-state index contributed by atoms with van der Waals surface area (Å²) in [5.74, 6) is -1.11. The Bertz CT molecular complexity index is 909. The van der Waals surface area contributed by atoms with Crippen LogP contribution in [0.5, 0.6) is 0 Å². The van der Waals surface area contributed by atoms with Gasteiger partial charge in [0.15, 0.2) is 5.65 Å². The quantitative estimate of drug-likeness (QED) is 0.763. The number of nitrogens with two attached hydrogens (primary N) is 1. The highest BCUT2D eigenvalue weighted by atomic mass is 19.1. The van der Waals surface area contributed by atoms with Gasteiger partial charge >= 0.3 is 0 Å². The van der Waals surface area contributed by atoms with E-state index in [2.05, 4.69) is 15.5 Å². The average Bonchev–Trinajstić information content (AvgIpc) is 2.93. The highest BCUT2D eigenvalue weighted by Crippen LogP contribution is 2.16. The molecule has 0 radical (unpaired) electrons. The Balaban J connectivity index is 1.70. The standard InChI is InChI=1S/C16H15F2N5O/c1-9-21-22-15-5-2-10(8-23(9)15)16(24)20-7-14(19)12-4-3-11(17)6-13(12)18/h2-6,8,14H,7,19H2,1H3,(H,20,24). The highest BCUT2D eigenvalue weighted by Gasteiger charge is 2.15. The van der Waals surface area contributed by atoms with Gasteiger partial charge in [-0.25, -0.2) is 8.78 Å². The predicted molar refractivity (Wildman–Crippen MR) is 83.3 cm³/mol. The summed E-state index contributed by atoms with van der Waals surface area (Å²) in [7, 11) is 0. The predicted octanol–water partition coefficient (Wildman–Crippen LogP) is 1.75. The number of amides is 1. The summed E-state index contributed by atoms with van der Waals surface area (Å²) >= 11 is 0. The molecule has 24 heavy (non-hydrogen) atoms. The number of halogens is 2. The molecule has 6 nitrogen and oxygen atoms in total. The molecule has 2 aromatic heterocycles. The number of fused-ring (bicyclic) bond motifs is 1. The number of pyridine rings is 1. The lowest BCUT2D eigenvalue weighted by Crippen LogP contribution is -2.32. The van der Waals surface area contributed by atoms with Gasteiger partial charge in [-0.1, -0.05) is 6.07 Å². The van der Waals surface area contributed by atoms with Crippen LogP contribution in [0, 0.1) is 18.6 Å². The van der Waals surface area contributed by atoms with E-state index >= 15 is 0 Å². The molecule has 1 aromatic carbocycles. The number of rotatable bonds is 4. The van der Waals surface area contributed by atoms with Gasteiger partial charge in [0, 0.05) is 24.4 Å². The second kappa shape index (κ2) is 6.32. The molecule has 0 saturated heterocycles. The molecule has 0 bridgehead atoms. The number of aromatic nitrogens is 3. The first-order valence-electron chi connectivity index (χ1n) is 7.26. The van der Waals surface area contributed by atoms with Gasteiger partial charge in [0.25, 0.3) is 5.91 Å². The number of benzene rings is 1. The lowest BCUT2D eigenvalue weighted by atomic mass is 10.1. The number of nitrogens with zero attached hydrogens (tertiary/aromatic N) is 3. The monoisotopic (exact) mass is 331 g/mol. The largest absolute Gasteiger partial charge is 0.350 e. The van der Waals surface area contributed by atoms with Gasteiger partial charge in [-0.2, -0.15) is 0 Å². The molecule has 0 aliphatic rings. The molecule has 0 aliphatic carbocycles. The Hall–Kier alpha value is -2.87. The maximum absolute atomic E-state index is 13.7. The second-order valence-corrected chi connectivity index (χ2v) is 5.38. The Kier molecular flexibility index (Phi) is 4.22. The maximum atomic E-state index is 13.7. The summed E-state index contributed by atoms with van der Waals surface area (Å²) in [4.78, 5) is 12.2. The summed E-state index contributed by atoms with van der Waals surface area (Å²) in [5, 5.41) is 10.5. The van der Waals surface area contributed by atoms with E-state index < -0.39 is 17.7 Å². The lowest BCUT2D eigenvalue weighted by Gasteiger charge is -2.14. The molecule has 0 spiro atoms. The summed E-state index contributed by atoms with van der Waals surface area (Å²) in [6.07, 6.45) is 1.62. The summed E-state index contributed by atoms with van der Waals surface area (Å²) in [6, 6.07) is 5.67. The van der Waals surface area contributed by atoms with E-state index in [-0.39, 0.29) is 18.0 Å². The first-order valence-corrected chi connectivity index (χ1v) is 7.26. The van der Waals surface area contributed by atoms with Crippen LogP contribution in [-0.4, -0.2) is 27.0 Å². The molecule has 0 aliphatic heterocycles. The minimum Gasteiger partial charge on any atom is -0.350 e. The van der Waals surface area contributed by atoms with Gasteiger partial charge in [0.05, 0.1) is 11.6 Å². The van der Waals surface area contributed by atoms with Crippen molar-refractivity contribution in [1.82, 2.24) is 19.9 Å². The van der Waals surface area contributed by atoms with Gasteiger partial charge in [-0.3, -0.25) is 9.20 Å². The first kappa shape index (κ1) is 16.0. The molecule has 3 N–H and O–H groups in total. The molecule has 1 unspecified atom stereocenters. The zero-order valence-corrected chi connectivity index (χ0v) is 12.8. The summed E-state index contributed by atoms with van der Waals surface area (Å²) in [6.45, 7) is 1.79. The summed E-state index contributed by atoms with van der Waals surface area (Å²) < 4.78 is 28.3. The van der Waals surface area contributed by atoms with Gasteiger partial charge < -0.3 is 11.1 Å². The fourth-order valence-electron chi connectivity index (χ4n) is 2.36. The Morgan fingerprint density at radius 2 is 2.08 bits per heavy atom. The molecule has 3 rings (SSSR count). The van der Waals surface area contributed by atoms with Crippen LogP contribution in [0.15, 0.2) is 36.5 Å². The zero-order chi connectivity index (χ0) is 17.3. The van der Waals surface area contributed by atoms with E-state index in [0.717, 1.165) is 12.1 Å². The smallest absolute Gasteiger partial charge is 0.252 e. The van der Waals surface area contributed by atoms with Crippen LogP contribution in [0.1, 0.15) is 27.8 Å². The van der Waals surface area contributed by atoms with Gasteiger partial charge in [0.2, 0.25) is 0 Å². The third-order valence-corrected chi connectivity index (χ3v) is 3.68. The third kappa shape index (κ3) is 3.09. The lowest BCUT2D eigenvalue weighted by molar-refractivity contribution is 0.0950. The number of hydrogen-bond acceptors (Lipinski definition) is 4. The zero-order valence-electron chi connectivity index (χ0n) is 12.8. The van der Waals surface area contributed by atoms with Crippen molar-refractivity contribution in [2.24, 2.45) is 5.73 Å². The average molecular weight is 331 g/mol. The van der Waals surface area contributed by atoms with Crippen molar-refractivity contribution in [2.75, 3.05) is 6.54 Å². The van der Waals surface area contributed by atoms with E-state index in [1.54, 1.807) is 29.7 Å². The van der Waals surface area contributed by atoms with E-state index in [1.807, 2.05) is 0 Å². The number of aryl methyl sites for hydroxylation is 1. The van der Waals surface area contributed by atoms with Crippen LogP contribution >= 0.6 is 0 Å². The van der Waals surface area contributed by atoms with Crippen molar-refractivity contribution in [3.63, 3.8) is 0 Å². The fraction of sp³-hybridized carbons (Fsp3) is 0.188. The fourth-order valence-corrected chi connectivity index (χ4v) is 2.36. The van der Waals surface area contributed by atoms with E-state index in [9.17, 15) is 13.6 Å². The van der Waals surface area contributed by atoms with Gasteiger partial charge in [-0.15, -0.1) is 10.2 Å². The Morgan fingerprint density at radius 1 is 1.29 bits per heavy atom. The molecule has 2 heterocycles. The molecule has 0 saturated carbocycles. The molecular formula is C16H15F2N5O. The Labute approximate surface area is 136 Å². The van der Waals surface area contributed by atoms with Crippen molar-refractivity contribution in [3.8, 4) is 0 Å². The molecule has 8 heteroatoms. The molecule has 3 aromatic rings. The topological polar surface area (TPSA) is 85.3 Å². The SMILES string of the molecule is Cc1nnc2ccc(C(=O)NCC(N)c3ccc(F)cc3F)cn12. The van der Waals surface area contributed by atoms with Crippen molar-refractivity contribution in [2.45, 2.75) is 13.0 Å². The van der Waals surface area contributed by atoms with Crippen LogP contribution in [0.3, 0.4) is 0 Å². The molecule has 124 valence electrons. The van der Waals surface area contributed by atoms with Crippen LogP contribution in [0.25, 0.3) is 5.65 Å². The highest BCUT2D eigenvalue weighted by molar-refractivity contribution is 5.94. The maximum Gasteiger partial charge on any atom is 0.252 e. The number of carbonyl (C=O) groups excluding carboxylic acids is 1. The molecule has 1 amide bonds. The normalized spacial score (nSPS) is 12.3. The Morgan fingerprint density at radius 3 is 2.83 bits per heavy atom. The minimum absolute atomic E-state index is 0.0145. The van der Waals surface area contributed by atoms with Crippen molar-refractivity contribution in [3.05, 3.63) is 65.1 Å². The van der Waals surface area contributed by atoms with E-state index in [0.29, 0.717) is 17.0 Å². The number of carbonyl (C=O) groups is 1. The molecular weight excluding hydrogens is 316 g/mol. The molecule has 1 atom stereocenters. The minimum atomic E-state index is -0.782. The van der Waals surface area contributed by atoms with Crippen LogP contribution in [0.2, 0.25) is 0 Å². The second-order valence-electron chi connectivity index (χ2n) is 5.38. The number of nitrogens with one attached hydrogen (secondary N) is 1. The first-order chi connectivity index (χ1) is 11.5. The van der Waals surface area contributed by atoms with E-state index in [1.165, 1.54) is 6.07 Å². The van der Waals surface area contributed by atoms with Gasteiger partial charge in [-0.05, 0) is 25.1 Å². The van der Waals surface area contributed by atoms with Crippen molar-refractivity contribution in [1.29, 1.82) is 0 Å². The van der Waals surface area contributed by atoms with Gasteiger partial charge in [0.1, 0.15) is 17.5 Å². The van der Waals surface area contributed by atoms with E-state index in [4.69, 9.17) is 5.73 Å². The third-order valence-electron chi connectivity index (χ3n) is 3.68.